The molecule has 2 rings (SSSR count). The average Bonchev–Trinajstić information content (AvgIpc) is 2.25. The number of pyridine rings is 1. The fourth-order valence-corrected chi connectivity index (χ4v) is 1.93. The minimum absolute atomic E-state index is 0.422. The molecular formula is C11H7Cl3N2. The van der Waals surface area contributed by atoms with Crippen LogP contribution in [-0.4, -0.2) is 4.98 Å². The molecule has 2 nitrogen and oxygen atoms in total. The molecule has 1 aromatic heterocycles. The summed E-state index contributed by atoms with van der Waals surface area (Å²) in [5, 5.41) is 1.37. The maximum atomic E-state index is 6.06. The van der Waals surface area contributed by atoms with Crippen molar-refractivity contribution in [2.24, 2.45) is 0 Å². The molecule has 2 aromatic rings. The first-order valence-corrected chi connectivity index (χ1v) is 5.58. The van der Waals surface area contributed by atoms with Gasteiger partial charge in [-0.2, -0.15) is 0 Å². The topological polar surface area (TPSA) is 38.9 Å². The summed E-state index contributed by atoms with van der Waals surface area (Å²) in [4.78, 5) is 4.17. The predicted molar refractivity (Wildman–Crippen MR) is 69.1 cm³/mol. The van der Waals surface area contributed by atoms with E-state index in [1.165, 1.54) is 0 Å². The third-order valence-electron chi connectivity index (χ3n) is 2.07. The third-order valence-corrected chi connectivity index (χ3v) is 3.11. The molecule has 0 radical (unpaired) electrons. The molecule has 0 unspecified atom stereocenters. The lowest BCUT2D eigenvalue weighted by Crippen LogP contribution is -1.89. The number of rotatable bonds is 1. The van der Waals surface area contributed by atoms with E-state index in [4.69, 9.17) is 40.5 Å². The lowest BCUT2D eigenvalue weighted by Gasteiger charge is -2.06. The van der Waals surface area contributed by atoms with Crippen LogP contribution in [0.3, 0.4) is 0 Å². The van der Waals surface area contributed by atoms with Crippen LogP contribution in [0.15, 0.2) is 30.5 Å². The average molecular weight is 274 g/mol. The highest BCUT2D eigenvalue weighted by Crippen LogP contribution is 2.34. The smallest absolute Gasteiger partial charge is 0.0719 e. The van der Waals surface area contributed by atoms with Gasteiger partial charge in [-0.15, -0.1) is 0 Å². The van der Waals surface area contributed by atoms with Crippen molar-refractivity contribution >= 4 is 40.5 Å². The second kappa shape index (κ2) is 4.50. The van der Waals surface area contributed by atoms with Crippen molar-refractivity contribution in [2.45, 2.75) is 0 Å². The van der Waals surface area contributed by atoms with Crippen LogP contribution in [0.25, 0.3) is 11.3 Å². The highest BCUT2D eigenvalue weighted by Gasteiger charge is 2.08. The van der Waals surface area contributed by atoms with E-state index in [1.54, 1.807) is 30.5 Å². The fourth-order valence-electron chi connectivity index (χ4n) is 1.28. The summed E-state index contributed by atoms with van der Waals surface area (Å²) in [5.74, 6) is 0. The largest absolute Gasteiger partial charge is 0.397 e. The molecule has 1 aromatic carbocycles. The van der Waals surface area contributed by atoms with Gasteiger partial charge in [-0.3, -0.25) is 4.98 Å². The Hall–Kier alpha value is -0.960. The first-order chi connectivity index (χ1) is 7.58. The lowest BCUT2D eigenvalue weighted by atomic mass is 10.1. The van der Waals surface area contributed by atoms with E-state index < -0.39 is 0 Å². The molecule has 0 spiro atoms. The Morgan fingerprint density at radius 1 is 0.938 bits per heavy atom. The molecule has 16 heavy (non-hydrogen) atoms. The van der Waals surface area contributed by atoms with Gasteiger partial charge in [0.2, 0.25) is 0 Å². The molecule has 0 atom stereocenters. The molecule has 0 amide bonds. The van der Waals surface area contributed by atoms with Gasteiger partial charge in [-0.05, 0) is 24.3 Å². The third kappa shape index (κ3) is 2.24. The quantitative estimate of drug-likeness (QED) is 0.787. The van der Waals surface area contributed by atoms with Crippen molar-refractivity contribution in [1.82, 2.24) is 4.98 Å². The van der Waals surface area contributed by atoms with Crippen molar-refractivity contribution in [1.29, 1.82) is 0 Å². The van der Waals surface area contributed by atoms with Crippen molar-refractivity contribution in [3.8, 4) is 11.3 Å². The lowest BCUT2D eigenvalue weighted by molar-refractivity contribution is 1.33. The minimum atomic E-state index is 0.422. The second-order valence-corrected chi connectivity index (χ2v) is 4.44. The number of hydrogen-bond donors (Lipinski definition) is 1. The zero-order valence-electron chi connectivity index (χ0n) is 8.05. The molecule has 0 aliphatic rings. The number of benzene rings is 1. The highest BCUT2D eigenvalue weighted by atomic mass is 35.5. The molecule has 2 N–H and O–H groups in total. The van der Waals surface area contributed by atoms with Gasteiger partial charge in [0, 0.05) is 5.56 Å². The molecule has 5 heteroatoms. The van der Waals surface area contributed by atoms with Crippen LogP contribution in [0.2, 0.25) is 15.1 Å². The summed E-state index contributed by atoms with van der Waals surface area (Å²) in [7, 11) is 0. The summed E-state index contributed by atoms with van der Waals surface area (Å²) >= 11 is 17.8. The van der Waals surface area contributed by atoms with Crippen LogP contribution < -0.4 is 5.73 Å². The number of nitrogens with two attached hydrogens (primary N) is 1. The Bertz CT molecular complexity index is 523. The number of anilines is 1. The van der Waals surface area contributed by atoms with Gasteiger partial charge >= 0.3 is 0 Å². The zero-order valence-corrected chi connectivity index (χ0v) is 10.3. The van der Waals surface area contributed by atoms with E-state index >= 15 is 0 Å². The monoisotopic (exact) mass is 272 g/mol. The van der Waals surface area contributed by atoms with Crippen molar-refractivity contribution < 1.29 is 0 Å². The van der Waals surface area contributed by atoms with Crippen LogP contribution in [0.1, 0.15) is 0 Å². The van der Waals surface area contributed by atoms with E-state index in [0.29, 0.717) is 26.4 Å². The Labute approximate surface area is 108 Å². The predicted octanol–water partition coefficient (Wildman–Crippen LogP) is 4.29. The second-order valence-electron chi connectivity index (χ2n) is 3.22. The molecule has 1 heterocycles. The van der Waals surface area contributed by atoms with Gasteiger partial charge in [0.05, 0.1) is 32.6 Å². The Balaban J connectivity index is 2.56. The van der Waals surface area contributed by atoms with Gasteiger partial charge in [0.25, 0.3) is 0 Å². The molecular weight excluding hydrogens is 266 g/mol. The Morgan fingerprint density at radius 3 is 2.25 bits per heavy atom. The summed E-state index contributed by atoms with van der Waals surface area (Å²) in [5.41, 5.74) is 7.59. The summed E-state index contributed by atoms with van der Waals surface area (Å²) in [6, 6.07) is 6.81. The first-order valence-electron chi connectivity index (χ1n) is 4.44. The van der Waals surface area contributed by atoms with Crippen LogP contribution in [-0.2, 0) is 0 Å². The molecule has 0 saturated carbocycles. The summed E-state index contributed by atoms with van der Waals surface area (Å²) in [6.45, 7) is 0. The molecule has 82 valence electrons. The van der Waals surface area contributed by atoms with Crippen LogP contribution in [0.5, 0.6) is 0 Å². The summed E-state index contributed by atoms with van der Waals surface area (Å²) in [6.07, 6.45) is 1.56. The number of halogens is 3. The number of nitrogens with zero attached hydrogens (tertiary/aromatic N) is 1. The van der Waals surface area contributed by atoms with E-state index in [0.717, 1.165) is 5.56 Å². The molecule has 0 saturated heterocycles. The van der Waals surface area contributed by atoms with Gasteiger partial charge < -0.3 is 5.73 Å². The number of aromatic nitrogens is 1. The van der Waals surface area contributed by atoms with Gasteiger partial charge in [-0.25, -0.2) is 0 Å². The number of nitrogen functional groups attached to an aromatic ring is 1. The van der Waals surface area contributed by atoms with Gasteiger partial charge in [0.1, 0.15) is 0 Å². The Kier molecular flexibility index (Phi) is 3.24. The van der Waals surface area contributed by atoms with Gasteiger partial charge in [-0.1, -0.05) is 34.8 Å². The zero-order chi connectivity index (χ0) is 11.7. The molecule has 0 aliphatic carbocycles. The van der Waals surface area contributed by atoms with Crippen molar-refractivity contribution in [2.75, 3.05) is 5.73 Å². The molecule has 0 fully saturated rings. The van der Waals surface area contributed by atoms with E-state index in [9.17, 15) is 0 Å². The van der Waals surface area contributed by atoms with Crippen LogP contribution >= 0.6 is 34.8 Å². The highest BCUT2D eigenvalue weighted by molar-refractivity contribution is 6.44. The summed E-state index contributed by atoms with van der Waals surface area (Å²) < 4.78 is 0. The minimum Gasteiger partial charge on any atom is -0.397 e. The standard InChI is InChI=1S/C11H7Cl3N2/c12-8-4-10(14)9(13)3-7(8)11-2-1-6(15)5-16-11/h1-5H,15H2. The van der Waals surface area contributed by atoms with Gasteiger partial charge in [0.15, 0.2) is 0 Å². The maximum Gasteiger partial charge on any atom is 0.0719 e. The van der Waals surface area contributed by atoms with E-state index in [1.807, 2.05) is 0 Å². The van der Waals surface area contributed by atoms with E-state index in [-0.39, 0.29) is 0 Å². The first kappa shape index (κ1) is 11.5. The molecule has 0 bridgehead atoms. The van der Waals surface area contributed by atoms with Crippen molar-refractivity contribution in [3.05, 3.63) is 45.5 Å². The fraction of sp³-hybridized carbons (Fsp3) is 0. The normalized spacial score (nSPS) is 10.4. The maximum absolute atomic E-state index is 6.06. The molecule has 0 aliphatic heterocycles. The number of hydrogen-bond acceptors (Lipinski definition) is 2. The van der Waals surface area contributed by atoms with Crippen LogP contribution in [0.4, 0.5) is 5.69 Å². The van der Waals surface area contributed by atoms with Crippen LogP contribution in [0, 0.1) is 0 Å². The van der Waals surface area contributed by atoms with Crippen molar-refractivity contribution in [3.63, 3.8) is 0 Å². The SMILES string of the molecule is Nc1ccc(-c2cc(Cl)c(Cl)cc2Cl)nc1. The Morgan fingerprint density at radius 2 is 1.62 bits per heavy atom. The van der Waals surface area contributed by atoms with E-state index in [2.05, 4.69) is 4.98 Å².